The average Bonchev–Trinajstić information content (AvgIpc) is 2.68. The minimum Gasteiger partial charge on any atom is -0.478 e. The molecule has 0 spiro atoms. The molecular weight excluding hydrogens is 382 g/mol. The van der Waals surface area contributed by atoms with Gasteiger partial charge in [0.25, 0.3) is 5.56 Å². The van der Waals surface area contributed by atoms with E-state index in [2.05, 4.69) is 15.9 Å². The van der Waals surface area contributed by atoms with E-state index in [1.54, 1.807) is 24.3 Å². The fourth-order valence-corrected chi connectivity index (χ4v) is 3.04. The molecule has 28 heavy (non-hydrogen) atoms. The van der Waals surface area contributed by atoms with E-state index in [0.717, 1.165) is 5.69 Å². The van der Waals surface area contributed by atoms with Gasteiger partial charge in [-0.3, -0.25) is 4.79 Å². The van der Waals surface area contributed by atoms with Gasteiger partial charge in [0.15, 0.2) is 0 Å². The largest absolute Gasteiger partial charge is 0.478 e. The normalized spacial score (nSPS) is 10.6. The summed E-state index contributed by atoms with van der Waals surface area (Å²) in [6, 6.07) is 9.53. The van der Waals surface area contributed by atoms with Crippen LogP contribution in [0.15, 0.2) is 41.2 Å². The molecule has 2 aromatic carbocycles. The Labute approximate surface area is 165 Å². The lowest BCUT2D eigenvalue weighted by Gasteiger charge is -2.23. The summed E-state index contributed by atoms with van der Waals surface area (Å²) < 4.78 is 0. The Morgan fingerprint density at radius 3 is 2.61 bits per heavy atom. The molecule has 142 valence electrons. The molecule has 0 unspecified atom stereocenters. The highest BCUT2D eigenvalue weighted by Gasteiger charge is 2.13. The van der Waals surface area contributed by atoms with Crippen molar-refractivity contribution in [3.8, 4) is 12.3 Å². The number of carboxylic acids is 1. The second-order valence-corrected chi connectivity index (χ2v) is 6.45. The van der Waals surface area contributed by atoms with Crippen molar-refractivity contribution < 1.29 is 15.0 Å². The van der Waals surface area contributed by atoms with Crippen LogP contribution >= 0.6 is 11.6 Å². The first-order valence-electron chi connectivity index (χ1n) is 8.27. The molecule has 3 rings (SSSR count). The molecule has 0 amide bonds. The number of benzene rings is 2. The summed E-state index contributed by atoms with van der Waals surface area (Å²) in [5.41, 5.74) is 1.57. The molecule has 1 aromatic heterocycles. The molecule has 0 saturated carbocycles. The van der Waals surface area contributed by atoms with Gasteiger partial charge in [-0.05, 0) is 42.0 Å². The lowest BCUT2D eigenvalue weighted by atomic mass is 10.1. The summed E-state index contributed by atoms with van der Waals surface area (Å²) in [5.74, 6) is 1.71. The maximum Gasteiger partial charge on any atom is 0.335 e. The van der Waals surface area contributed by atoms with Crippen molar-refractivity contribution >= 4 is 34.2 Å². The van der Waals surface area contributed by atoms with Gasteiger partial charge in [0, 0.05) is 17.3 Å². The number of hydrogen-bond acceptors (Lipinski definition) is 5. The molecular formula is C20H16ClN3O4. The van der Waals surface area contributed by atoms with Crippen molar-refractivity contribution in [2.45, 2.75) is 13.2 Å². The first kappa shape index (κ1) is 19.4. The van der Waals surface area contributed by atoms with Crippen molar-refractivity contribution in [3.05, 3.63) is 68.7 Å². The first-order valence-corrected chi connectivity index (χ1v) is 8.64. The molecule has 1 heterocycles. The third-order valence-corrected chi connectivity index (χ3v) is 4.55. The number of anilines is 1. The van der Waals surface area contributed by atoms with Gasteiger partial charge >= 0.3 is 5.97 Å². The molecule has 7 nitrogen and oxygen atoms in total. The minimum atomic E-state index is -1.01. The average molecular weight is 398 g/mol. The van der Waals surface area contributed by atoms with E-state index in [1.807, 2.05) is 4.90 Å². The monoisotopic (exact) mass is 397 g/mol. The molecule has 0 aliphatic carbocycles. The molecule has 3 aromatic rings. The first-order chi connectivity index (χ1) is 13.4. The number of nitrogens with one attached hydrogen (secondary N) is 1. The number of aromatic carboxylic acids is 1. The Kier molecular flexibility index (Phi) is 5.64. The predicted molar refractivity (Wildman–Crippen MR) is 107 cm³/mol. The lowest BCUT2D eigenvalue weighted by Crippen LogP contribution is -2.23. The lowest BCUT2D eigenvalue weighted by molar-refractivity contribution is 0.0697. The van der Waals surface area contributed by atoms with Crippen molar-refractivity contribution in [1.82, 2.24) is 9.97 Å². The van der Waals surface area contributed by atoms with Crippen LogP contribution in [-0.4, -0.2) is 32.7 Å². The number of carbonyl (C=O) groups is 1. The number of aromatic amines is 1. The highest BCUT2D eigenvalue weighted by atomic mass is 35.5. The molecule has 0 bridgehead atoms. The third-order valence-electron chi connectivity index (χ3n) is 4.20. The van der Waals surface area contributed by atoms with E-state index >= 15 is 0 Å². The zero-order valence-corrected chi connectivity index (χ0v) is 15.4. The molecule has 0 radical (unpaired) electrons. The summed E-state index contributed by atoms with van der Waals surface area (Å²) in [7, 11) is 0. The number of carboxylic acid groups (broad SMARTS) is 1. The van der Waals surface area contributed by atoms with Gasteiger partial charge in [0.05, 0.1) is 23.0 Å². The van der Waals surface area contributed by atoms with E-state index in [0.29, 0.717) is 28.0 Å². The van der Waals surface area contributed by atoms with Gasteiger partial charge in [0.1, 0.15) is 12.4 Å². The molecule has 0 aliphatic heterocycles. The summed E-state index contributed by atoms with van der Waals surface area (Å²) >= 11 is 6.38. The highest BCUT2D eigenvalue weighted by molar-refractivity contribution is 6.32. The Hall–Kier alpha value is -3.34. The van der Waals surface area contributed by atoms with E-state index in [4.69, 9.17) is 23.1 Å². The van der Waals surface area contributed by atoms with Crippen molar-refractivity contribution in [2.24, 2.45) is 0 Å². The van der Waals surface area contributed by atoms with E-state index in [9.17, 15) is 14.7 Å². The van der Waals surface area contributed by atoms with Crippen LogP contribution in [0.4, 0.5) is 5.69 Å². The second-order valence-electron chi connectivity index (χ2n) is 6.04. The number of H-pyrrole nitrogens is 1. The molecule has 0 atom stereocenters. The van der Waals surface area contributed by atoms with Crippen LogP contribution in [0, 0.1) is 12.3 Å². The number of terminal acetylenes is 1. The van der Waals surface area contributed by atoms with Gasteiger partial charge in [-0.25, -0.2) is 9.78 Å². The summed E-state index contributed by atoms with van der Waals surface area (Å²) in [6.45, 7) is 0.193. The minimum absolute atomic E-state index is 0.161. The van der Waals surface area contributed by atoms with Crippen LogP contribution in [0.3, 0.4) is 0 Å². The van der Waals surface area contributed by atoms with E-state index in [-0.39, 0.29) is 30.1 Å². The molecule has 3 N–H and O–H groups in total. The van der Waals surface area contributed by atoms with Gasteiger partial charge in [-0.15, -0.1) is 6.42 Å². The Balaban J connectivity index is 1.99. The molecule has 0 aliphatic rings. The van der Waals surface area contributed by atoms with Crippen molar-refractivity contribution in [1.29, 1.82) is 0 Å². The second kappa shape index (κ2) is 8.13. The predicted octanol–water partition coefficient (Wildman–Crippen LogP) is 2.41. The van der Waals surface area contributed by atoms with Gasteiger partial charge < -0.3 is 20.1 Å². The van der Waals surface area contributed by atoms with Crippen LogP contribution in [0.2, 0.25) is 5.02 Å². The number of nitrogens with zero attached hydrogens (tertiary/aromatic N) is 2. The summed E-state index contributed by atoms with van der Waals surface area (Å²) in [4.78, 5) is 31.8. The Morgan fingerprint density at radius 1 is 1.29 bits per heavy atom. The van der Waals surface area contributed by atoms with Crippen molar-refractivity contribution in [3.63, 3.8) is 0 Å². The molecule has 0 saturated heterocycles. The van der Waals surface area contributed by atoms with E-state index < -0.39 is 5.97 Å². The van der Waals surface area contributed by atoms with Crippen LogP contribution in [-0.2, 0) is 13.2 Å². The number of halogens is 1. The maximum atomic E-state index is 12.3. The quantitative estimate of drug-likeness (QED) is 0.551. The number of aliphatic hydroxyl groups excluding tert-OH is 1. The molecule has 0 fully saturated rings. The van der Waals surface area contributed by atoms with Crippen LogP contribution in [0.25, 0.3) is 10.9 Å². The number of hydrogen-bond donors (Lipinski definition) is 3. The van der Waals surface area contributed by atoms with Gasteiger partial charge in [-0.1, -0.05) is 17.5 Å². The Bertz CT molecular complexity index is 1130. The fourth-order valence-electron chi connectivity index (χ4n) is 2.82. The SMILES string of the molecule is C#CCN(Cc1cc2c(=O)[nH]c(CO)nc2cc1Cl)c1ccc(C(=O)O)cc1. The number of fused-ring (bicyclic) bond motifs is 1. The topological polar surface area (TPSA) is 107 Å². The standard InChI is InChI=1S/C20H16ClN3O4/c1-2-7-24(14-5-3-12(4-6-14)20(27)28)10-13-8-15-17(9-16(13)21)22-18(11-25)23-19(15)26/h1,3-6,8-9,25H,7,10-11H2,(H,27,28)(H,22,23,26). The zero-order chi connectivity index (χ0) is 20.3. The molecule has 8 heteroatoms. The van der Waals surface area contributed by atoms with Gasteiger partial charge in [-0.2, -0.15) is 0 Å². The number of aliphatic hydroxyl groups is 1. The highest BCUT2D eigenvalue weighted by Crippen LogP contribution is 2.25. The maximum absolute atomic E-state index is 12.3. The number of rotatable bonds is 6. The number of aromatic nitrogens is 2. The van der Waals surface area contributed by atoms with Crippen LogP contribution < -0.4 is 10.5 Å². The van der Waals surface area contributed by atoms with Crippen LogP contribution in [0.5, 0.6) is 0 Å². The summed E-state index contributed by atoms with van der Waals surface area (Å²) in [5, 5.41) is 19.0. The third kappa shape index (κ3) is 3.98. The fraction of sp³-hybridized carbons (Fsp3) is 0.150. The van der Waals surface area contributed by atoms with Crippen LogP contribution in [0.1, 0.15) is 21.7 Å². The Morgan fingerprint density at radius 2 is 2.00 bits per heavy atom. The van der Waals surface area contributed by atoms with Gasteiger partial charge in [0.2, 0.25) is 0 Å². The van der Waals surface area contributed by atoms with Crippen molar-refractivity contribution in [2.75, 3.05) is 11.4 Å². The summed E-state index contributed by atoms with van der Waals surface area (Å²) in [6.07, 6.45) is 5.48. The zero-order valence-electron chi connectivity index (χ0n) is 14.6. The smallest absolute Gasteiger partial charge is 0.335 e. The van der Waals surface area contributed by atoms with E-state index in [1.165, 1.54) is 12.1 Å².